The number of aliphatic hydroxyl groups is 1. The van der Waals surface area contributed by atoms with Crippen molar-refractivity contribution in [1.29, 1.82) is 0 Å². The molecule has 0 fully saturated rings. The lowest BCUT2D eigenvalue weighted by Gasteiger charge is -2.30. The maximum absolute atomic E-state index is 13.6. The third-order valence-electron chi connectivity index (χ3n) is 5.59. The number of sulfonamides is 1. The number of carbonyl (C=O) groups is 1. The van der Waals surface area contributed by atoms with Crippen LogP contribution in [0.2, 0.25) is 0 Å². The summed E-state index contributed by atoms with van der Waals surface area (Å²) in [4.78, 5) is 11.7. The average Bonchev–Trinajstić information content (AvgIpc) is 2.69. The van der Waals surface area contributed by atoms with Crippen molar-refractivity contribution in [3.05, 3.63) is 64.7 Å². The van der Waals surface area contributed by atoms with Crippen LogP contribution in [0.5, 0.6) is 0 Å². The molecular weight excluding hydrogens is 464 g/mol. The molecule has 0 aliphatic carbocycles. The first-order valence-corrected chi connectivity index (χ1v) is 12.8. The van der Waals surface area contributed by atoms with Crippen LogP contribution in [0.1, 0.15) is 43.5 Å². The number of anilines is 1. The highest BCUT2D eigenvalue weighted by atomic mass is 32.2. The molecule has 0 saturated carbocycles. The number of hydrogen-bond acceptors (Lipinski definition) is 5. The average molecular weight is 496 g/mol. The van der Waals surface area contributed by atoms with E-state index in [0.29, 0.717) is 11.6 Å². The molecule has 3 atom stereocenters. The zero-order valence-corrected chi connectivity index (χ0v) is 20.3. The lowest BCUT2D eigenvalue weighted by Crippen LogP contribution is -2.49. The molecule has 2 aromatic rings. The molecule has 1 aliphatic rings. The van der Waals surface area contributed by atoms with Gasteiger partial charge in [-0.3, -0.25) is 9.52 Å². The van der Waals surface area contributed by atoms with Crippen LogP contribution in [0.3, 0.4) is 0 Å². The van der Waals surface area contributed by atoms with Crippen LogP contribution < -0.4 is 15.4 Å². The molecule has 0 spiro atoms. The minimum atomic E-state index is -3.57. The van der Waals surface area contributed by atoms with Crippen LogP contribution >= 0.6 is 0 Å². The topological polar surface area (TPSA) is 108 Å². The maximum Gasteiger partial charge on any atom is 0.234 e. The Morgan fingerprint density at radius 3 is 2.41 bits per heavy atom. The molecule has 3 rings (SSSR count). The fourth-order valence-corrected chi connectivity index (χ4v) is 5.55. The molecule has 34 heavy (non-hydrogen) atoms. The van der Waals surface area contributed by atoms with Crippen LogP contribution in [0.25, 0.3) is 0 Å². The molecule has 186 valence electrons. The molecule has 0 radical (unpaired) electrons. The van der Waals surface area contributed by atoms with Gasteiger partial charge in [-0.1, -0.05) is 26.0 Å². The summed E-state index contributed by atoms with van der Waals surface area (Å²) < 4.78 is 54.5. The number of halogens is 2. The Morgan fingerprint density at radius 1 is 1.12 bits per heavy atom. The zero-order valence-electron chi connectivity index (χ0n) is 19.4. The van der Waals surface area contributed by atoms with Crippen molar-refractivity contribution in [2.24, 2.45) is 5.92 Å². The fraction of sp³-hybridized carbons (Fsp3) is 0.458. The summed E-state index contributed by atoms with van der Waals surface area (Å²) in [5, 5.41) is 16.5. The number of aliphatic hydroxyl groups excluding tert-OH is 1. The SMILES string of the molecule is CC(=O)NC(Cc1cc(F)cc(F)c1)C(O)CNC1CS(=O)(=O)Nc2ccc(CC(C)C)cc21. The van der Waals surface area contributed by atoms with Gasteiger partial charge in [0.15, 0.2) is 0 Å². The largest absolute Gasteiger partial charge is 0.390 e. The highest BCUT2D eigenvalue weighted by Gasteiger charge is 2.31. The van der Waals surface area contributed by atoms with Crippen LogP contribution in [0.15, 0.2) is 36.4 Å². The Kier molecular flexibility index (Phi) is 8.27. The van der Waals surface area contributed by atoms with Crippen molar-refractivity contribution in [1.82, 2.24) is 10.6 Å². The first-order valence-electron chi connectivity index (χ1n) is 11.2. The van der Waals surface area contributed by atoms with Gasteiger partial charge in [-0.05, 0) is 53.6 Å². The summed E-state index contributed by atoms with van der Waals surface area (Å²) in [6, 6.07) is 7.22. The van der Waals surface area contributed by atoms with Crippen LogP contribution in [0.4, 0.5) is 14.5 Å². The van der Waals surface area contributed by atoms with Crippen LogP contribution in [-0.4, -0.2) is 43.9 Å². The monoisotopic (exact) mass is 495 g/mol. The highest BCUT2D eigenvalue weighted by Crippen LogP contribution is 2.32. The minimum Gasteiger partial charge on any atom is -0.390 e. The maximum atomic E-state index is 13.6. The lowest BCUT2D eigenvalue weighted by molar-refractivity contribution is -0.120. The number of hydrogen-bond donors (Lipinski definition) is 4. The number of benzene rings is 2. The second-order valence-electron chi connectivity index (χ2n) is 9.22. The molecule has 0 bridgehead atoms. The molecule has 2 aromatic carbocycles. The van der Waals surface area contributed by atoms with Crippen LogP contribution in [0, 0.1) is 17.6 Å². The van der Waals surface area contributed by atoms with E-state index in [2.05, 4.69) is 29.2 Å². The van der Waals surface area contributed by atoms with E-state index < -0.39 is 45.8 Å². The van der Waals surface area contributed by atoms with Gasteiger partial charge in [-0.2, -0.15) is 0 Å². The standard InChI is InChI=1S/C24H31F2N3O4S/c1-14(2)6-16-4-5-21-20(9-16)23(13-34(32,33)29-21)27-12-24(31)22(28-15(3)30)10-17-7-18(25)11-19(26)8-17/h4-5,7-9,11,14,22-24,27,29,31H,6,10,12-13H2,1-3H3,(H,28,30). The number of fused-ring (bicyclic) bond motifs is 1. The van der Waals surface area contributed by atoms with E-state index in [1.165, 1.54) is 6.92 Å². The summed E-state index contributed by atoms with van der Waals surface area (Å²) >= 11 is 0. The van der Waals surface area contributed by atoms with Gasteiger partial charge in [0.2, 0.25) is 15.9 Å². The quantitative estimate of drug-likeness (QED) is 0.428. The molecule has 1 heterocycles. The smallest absolute Gasteiger partial charge is 0.234 e. The van der Waals surface area contributed by atoms with E-state index in [1.807, 2.05) is 12.1 Å². The number of amides is 1. The molecular formula is C24H31F2N3O4S. The molecule has 0 aromatic heterocycles. The van der Waals surface area contributed by atoms with Gasteiger partial charge in [-0.25, -0.2) is 17.2 Å². The van der Waals surface area contributed by atoms with Crippen molar-refractivity contribution in [2.75, 3.05) is 17.0 Å². The van der Waals surface area contributed by atoms with E-state index >= 15 is 0 Å². The van der Waals surface area contributed by atoms with E-state index in [-0.39, 0.29) is 24.3 Å². The molecule has 4 N–H and O–H groups in total. The molecule has 10 heteroatoms. The predicted molar refractivity (Wildman–Crippen MR) is 127 cm³/mol. The summed E-state index contributed by atoms with van der Waals surface area (Å²) in [5.41, 5.74) is 2.62. The third kappa shape index (κ3) is 7.22. The highest BCUT2D eigenvalue weighted by molar-refractivity contribution is 7.92. The van der Waals surface area contributed by atoms with E-state index in [0.717, 1.165) is 35.7 Å². The van der Waals surface area contributed by atoms with Crippen molar-refractivity contribution in [3.8, 4) is 0 Å². The molecule has 0 saturated heterocycles. The zero-order chi connectivity index (χ0) is 25.0. The van der Waals surface area contributed by atoms with E-state index in [4.69, 9.17) is 0 Å². The summed E-state index contributed by atoms with van der Waals surface area (Å²) in [7, 11) is -3.57. The normalized spacial score (nSPS) is 18.6. The minimum absolute atomic E-state index is 0.00322. The van der Waals surface area contributed by atoms with Gasteiger partial charge in [0.25, 0.3) is 0 Å². The first-order chi connectivity index (χ1) is 15.9. The summed E-state index contributed by atoms with van der Waals surface area (Å²) in [6.07, 6.45) is -0.309. The lowest BCUT2D eigenvalue weighted by atomic mass is 9.96. The van der Waals surface area contributed by atoms with Gasteiger partial charge < -0.3 is 15.7 Å². The van der Waals surface area contributed by atoms with Gasteiger partial charge in [0.05, 0.1) is 29.6 Å². The number of carbonyl (C=O) groups excluding carboxylic acids is 1. The first kappa shape index (κ1) is 26.1. The Hall–Kier alpha value is -2.56. The van der Waals surface area contributed by atoms with Gasteiger partial charge in [-0.15, -0.1) is 0 Å². The Labute approximate surface area is 199 Å². The Morgan fingerprint density at radius 2 is 1.79 bits per heavy atom. The predicted octanol–water partition coefficient (Wildman–Crippen LogP) is 2.66. The van der Waals surface area contributed by atoms with Crippen molar-refractivity contribution < 1.29 is 27.1 Å². The molecule has 3 unspecified atom stereocenters. The second kappa shape index (κ2) is 10.8. The Bertz CT molecular complexity index is 1120. The molecule has 1 amide bonds. The Balaban J connectivity index is 1.77. The van der Waals surface area contributed by atoms with Gasteiger partial charge >= 0.3 is 0 Å². The molecule has 7 nitrogen and oxygen atoms in total. The fourth-order valence-electron chi connectivity index (χ4n) is 4.21. The van der Waals surface area contributed by atoms with Crippen molar-refractivity contribution >= 4 is 21.6 Å². The summed E-state index contributed by atoms with van der Waals surface area (Å²) in [5.74, 6) is -1.69. The summed E-state index contributed by atoms with van der Waals surface area (Å²) in [6.45, 7) is 5.43. The van der Waals surface area contributed by atoms with Crippen molar-refractivity contribution in [2.45, 2.75) is 51.8 Å². The van der Waals surface area contributed by atoms with Crippen LogP contribution in [-0.2, 0) is 27.7 Å². The van der Waals surface area contributed by atoms with Gasteiger partial charge in [0.1, 0.15) is 11.6 Å². The van der Waals surface area contributed by atoms with E-state index in [9.17, 15) is 27.1 Å². The van der Waals surface area contributed by atoms with E-state index in [1.54, 1.807) is 6.07 Å². The van der Waals surface area contributed by atoms with Crippen molar-refractivity contribution in [3.63, 3.8) is 0 Å². The molecule has 1 aliphatic heterocycles. The van der Waals surface area contributed by atoms with Gasteiger partial charge in [0, 0.05) is 19.5 Å². The third-order valence-corrected chi connectivity index (χ3v) is 6.89. The number of nitrogens with one attached hydrogen (secondary N) is 3. The second-order valence-corrected chi connectivity index (χ2v) is 11.0. The number of rotatable bonds is 9.